The van der Waals surface area contributed by atoms with Crippen molar-refractivity contribution in [1.29, 1.82) is 0 Å². The van der Waals surface area contributed by atoms with Gasteiger partial charge in [-0.3, -0.25) is 16.2 Å². The first kappa shape index (κ1) is 12.9. The Bertz CT molecular complexity index is 174. The van der Waals surface area contributed by atoms with E-state index in [1.807, 2.05) is 0 Å². The van der Waals surface area contributed by atoms with E-state index in [0.717, 1.165) is 19.6 Å². The normalized spacial score (nSPS) is 26.8. The van der Waals surface area contributed by atoms with E-state index in [1.54, 1.807) is 0 Å². The summed E-state index contributed by atoms with van der Waals surface area (Å²) in [5, 5.41) is 0. The second kappa shape index (κ2) is 6.43. The van der Waals surface area contributed by atoms with Gasteiger partial charge in [0, 0.05) is 31.7 Å². The molecule has 0 aromatic carbocycles. The molecule has 1 heterocycles. The predicted molar refractivity (Wildman–Crippen MR) is 64.6 cm³/mol. The molecule has 0 aromatic heterocycles. The van der Waals surface area contributed by atoms with Crippen LogP contribution < -0.4 is 11.3 Å². The van der Waals surface area contributed by atoms with E-state index in [9.17, 15) is 0 Å². The predicted octanol–water partition coefficient (Wildman–Crippen LogP) is 0.254. The molecule has 1 fully saturated rings. The Balaban J connectivity index is 2.48. The molecule has 0 aromatic rings. The molecule has 0 spiro atoms. The molecule has 1 aliphatic heterocycles. The fourth-order valence-electron chi connectivity index (χ4n) is 2.29. The Morgan fingerprint density at radius 1 is 1.40 bits per heavy atom. The second-order valence-corrected chi connectivity index (χ2v) is 4.73. The maximum atomic E-state index is 5.66. The Morgan fingerprint density at radius 3 is 2.73 bits per heavy atom. The second-order valence-electron chi connectivity index (χ2n) is 4.73. The molecule has 3 N–H and O–H groups in total. The summed E-state index contributed by atoms with van der Waals surface area (Å²) in [6.45, 7) is 5.66. The minimum absolute atomic E-state index is 0.428. The van der Waals surface area contributed by atoms with Gasteiger partial charge in [0.15, 0.2) is 0 Å². The molecular formula is C11H26N4. The van der Waals surface area contributed by atoms with Crippen molar-refractivity contribution >= 4 is 0 Å². The Hall–Kier alpha value is -0.160. The van der Waals surface area contributed by atoms with Gasteiger partial charge in [0.2, 0.25) is 0 Å². The largest absolute Gasteiger partial charge is 0.303 e. The summed E-state index contributed by atoms with van der Waals surface area (Å²) in [6.07, 6.45) is 3.67. The zero-order valence-electron chi connectivity index (χ0n) is 10.4. The van der Waals surface area contributed by atoms with Gasteiger partial charge in [-0.2, -0.15) is 0 Å². The minimum atomic E-state index is 0.428. The number of unbranched alkanes of at least 4 members (excludes halogenated alkanes) is 1. The fraction of sp³-hybridized carbons (Fsp3) is 1.00. The van der Waals surface area contributed by atoms with E-state index in [0.29, 0.717) is 12.1 Å². The highest BCUT2D eigenvalue weighted by Gasteiger charge is 2.28. The van der Waals surface area contributed by atoms with Gasteiger partial charge in [0.1, 0.15) is 0 Å². The number of nitrogens with zero attached hydrogens (tertiary/aromatic N) is 2. The molecule has 4 heteroatoms. The average molecular weight is 214 g/mol. The van der Waals surface area contributed by atoms with Crippen LogP contribution in [0.2, 0.25) is 0 Å². The highest BCUT2D eigenvalue weighted by molar-refractivity contribution is 4.87. The number of hydrogen-bond donors (Lipinski definition) is 2. The van der Waals surface area contributed by atoms with Crippen molar-refractivity contribution in [2.75, 3.05) is 33.7 Å². The fourth-order valence-corrected chi connectivity index (χ4v) is 2.29. The lowest BCUT2D eigenvalue weighted by molar-refractivity contribution is 0.0846. The summed E-state index contributed by atoms with van der Waals surface area (Å²) in [7, 11) is 4.39. The maximum Gasteiger partial charge on any atom is 0.0387 e. The molecule has 0 aliphatic carbocycles. The summed E-state index contributed by atoms with van der Waals surface area (Å²) in [4.78, 5) is 4.82. The summed E-state index contributed by atoms with van der Waals surface area (Å²) in [5.41, 5.74) is 2.99. The number of nitrogens with one attached hydrogen (secondary N) is 1. The van der Waals surface area contributed by atoms with Gasteiger partial charge in [-0.1, -0.05) is 19.8 Å². The molecule has 1 saturated heterocycles. The third kappa shape index (κ3) is 3.72. The van der Waals surface area contributed by atoms with Gasteiger partial charge >= 0.3 is 0 Å². The molecule has 0 amide bonds. The first-order chi connectivity index (χ1) is 7.19. The lowest BCUT2D eigenvalue weighted by atomic mass is 9.99. The molecule has 4 nitrogen and oxygen atoms in total. The smallest absolute Gasteiger partial charge is 0.0387 e. The van der Waals surface area contributed by atoms with Crippen LogP contribution >= 0.6 is 0 Å². The van der Waals surface area contributed by atoms with Crippen molar-refractivity contribution in [2.24, 2.45) is 5.84 Å². The van der Waals surface area contributed by atoms with E-state index >= 15 is 0 Å². The van der Waals surface area contributed by atoms with Crippen LogP contribution in [0, 0.1) is 0 Å². The molecular weight excluding hydrogens is 188 g/mol. The SMILES string of the molecule is CCCCC(NN)C1CN(C)CCN1C. The van der Waals surface area contributed by atoms with E-state index in [4.69, 9.17) is 5.84 Å². The summed E-state index contributed by atoms with van der Waals surface area (Å²) in [6, 6.07) is 0.984. The van der Waals surface area contributed by atoms with Crippen molar-refractivity contribution in [2.45, 2.75) is 38.3 Å². The van der Waals surface area contributed by atoms with Gasteiger partial charge in [0.05, 0.1) is 0 Å². The van der Waals surface area contributed by atoms with Gasteiger partial charge in [-0.25, -0.2) is 0 Å². The lowest BCUT2D eigenvalue weighted by Crippen LogP contribution is -2.59. The van der Waals surface area contributed by atoms with Crippen molar-refractivity contribution in [1.82, 2.24) is 15.2 Å². The molecule has 0 radical (unpaired) electrons. The number of hydrazine groups is 1. The Morgan fingerprint density at radius 2 is 2.13 bits per heavy atom. The van der Waals surface area contributed by atoms with Crippen LogP contribution in [0.25, 0.3) is 0 Å². The van der Waals surface area contributed by atoms with Crippen LogP contribution in [0.4, 0.5) is 0 Å². The third-order valence-corrected chi connectivity index (χ3v) is 3.45. The first-order valence-corrected chi connectivity index (χ1v) is 6.04. The van der Waals surface area contributed by atoms with Crippen molar-refractivity contribution in [3.63, 3.8) is 0 Å². The third-order valence-electron chi connectivity index (χ3n) is 3.45. The number of rotatable bonds is 5. The van der Waals surface area contributed by atoms with Crippen molar-refractivity contribution in [3.8, 4) is 0 Å². The number of piperazine rings is 1. The van der Waals surface area contributed by atoms with E-state index in [-0.39, 0.29) is 0 Å². The van der Waals surface area contributed by atoms with Crippen LogP contribution in [0.1, 0.15) is 26.2 Å². The summed E-state index contributed by atoms with van der Waals surface area (Å²) >= 11 is 0. The number of nitrogens with two attached hydrogens (primary N) is 1. The van der Waals surface area contributed by atoms with E-state index < -0.39 is 0 Å². The van der Waals surface area contributed by atoms with Crippen LogP contribution in [-0.4, -0.2) is 55.6 Å². The minimum Gasteiger partial charge on any atom is -0.303 e. The zero-order chi connectivity index (χ0) is 11.3. The highest BCUT2D eigenvalue weighted by Crippen LogP contribution is 2.13. The van der Waals surface area contributed by atoms with Crippen molar-refractivity contribution < 1.29 is 0 Å². The molecule has 1 aliphatic rings. The van der Waals surface area contributed by atoms with Gasteiger partial charge in [-0.15, -0.1) is 0 Å². The number of hydrogen-bond acceptors (Lipinski definition) is 4. The van der Waals surface area contributed by atoms with Crippen LogP contribution in [-0.2, 0) is 0 Å². The molecule has 0 saturated carbocycles. The number of likely N-dealkylation sites (N-methyl/N-ethyl adjacent to an activating group) is 2. The van der Waals surface area contributed by atoms with Crippen LogP contribution in [0.15, 0.2) is 0 Å². The van der Waals surface area contributed by atoms with E-state index in [1.165, 1.54) is 19.3 Å². The Labute approximate surface area is 93.8 Å². The van der Waals surface area contributed by atoms with Crippen molar-refractivity contribution in [3.05, 3.63) is 0 Å². The molecule has 2 unspecified atom stereocenters. The molecule has 15 heavy (non-hydrogen) atoms. The average Bonchev–Trinajstić information content (AvgIpc) is 2.24. The topological polar surface area (TPSA) is 44.5 Å². The standard InChI is InChI=1S/C11H26N4/c1-4-5-6-10(13-12)11-9-14(2)7-8-15(11)3/h10-11,13H,4-9,12H2,1-3H3. The van der Waals surface area contributed by atoms with Crippen LogP contribution in [0.3, 0.4) is 0 Å². The molecule has 2 atom stereocenters. The quantitative estimate of drug-likeness (QED) is 0.509. The Kier molecular flexibility index (Phi) is 5.53. The lowest BCUT2D eigenvalue weighted by Gasteiger charge is -2.41. The van der Waals surface area contributed by atoms with Gasteiger partial charge in [-0.05, 0) is 20.5 Å². The molecule has 1 rings (SSSR count). The zero-order valence-corrected chi connectivity index (χ0v) is 10.4. The monoisotopic (exact) mass is 214 g/mol. The van der Waals surface area contributed by atoms with Crippen LogP contribution in [0.5, 0.6) is 0 Å². The first-order valence-electron chi connectivity index (χ1n) is 6.04. The summed E-state index contributed by atoms with van der Waals surface area (Å²) < 4.78 is 0. The highest BCUT2D eigenvalue weighted by atomic mass is 15.3. The van der Waals surface area contributed by atoms with Gasteiger partial charge in [0.25, 0.3) is 0 Å². The maximum absolute atomic E-state index is 5.66. The summed E-state index contributed by atoms with van der Waals surface area (Å²) in [5.74, 6) is 5.66. The van der Waals surface area contributed by atoms with Gasteiger partial charge < -0.3 is 4.90 Å². The van der Waals surface area contributed by atoms with E-state index in [2.05, 4.69) is 36.2 Å². The molecule has 0 bridgehead atoms. The molecule has 90 valence electrons.